The molecule has 2 aliphatic rings. The van der Waals surface area contributed by atoms with Crippen LogP contribution in [0.4, 0.5) is 0 Å². The molecule has 0 aromatic heterocycles. The number of carbonyl (C=O) groups excluding carboxylic acids is 1. The molecular formula is C18H27N3O. The Balaban J connectivity index is 1.48. The molecule has 3 rings (SSSR count). The third kappa shape index (κ3) is 4.31. The highest BCUT2D eigenvalue weighted by molar-refractivity contribution is 5.79. The first-order valence-corrected chi connectivity index (χ1v) is 8.58. The number of nitrogens with zero attached hydrogens (tertiary/aromatic N) is 1. The van der Waals surface area contributed by atoms with Crippen molar-refractivity contribution in [2.24, 2.45) is 5.92 Å². The Morgan fingerprint density at radius 2 is 2.09 bits per heavy atom. The summed E-state index contributed by atoms with van der Waals surface area (Å²) >= 11 is 0. The molecule has 1 aromatic rings. The number of nitrogens with one attached hydrogen (secondary N) is 2. The number of benzene rings is 1. The predicted molar refractivity (Wildman–Crippen MR) is 88.5 cm³/mol. The second-order valence-electron chi connectivity index (χ2n) is 6.61. The molecule has 2 unspecified atom stereocenters. The zero-order chi connectivity index (χ0) is 15.2. The monoisotopic (exact) mass is 301 g/mol. The van der Waals surface area contributed by atoms with Crippen molar-refractivity contribution in [1.29, 1.82) is 0 Å². The van der Waals surface area contributed by atoms with Gasteiger partial charge in [0.25, 0.3) is 0 Å². The van der Waals surface area contributed by atoms with Crippen LogP contribution in [-0.2, 0) is 11.3 Å². The summed E-state index contributed by atoms with van der Waals surface area (Å²) in [6.45, 7) is 4.98. The van der Waals surface area contributed by atoms with Gasteiger partial charge < -0.3 is 10.6 Å². The zero-order valence-electron chi connectivity index (χ0n) is 13.3. The van der Waals surface area contributed by atoms with Crippen molar-refractivity contribution in [3.63, 3.8) is 0 Å². The van der Waals surface area contributed by atoms with Gasteiger partial charge in [-0.15, -0.1) is 0 Å². The van der Waals surface area contributed by atoms with E-state index in [9.17, 15) is 4.79 Å². The summed E-state index contributed by atoms with van der Waals surface area (Å²) in [6, 6.07) is 10.9. The Morgan fingerprint density at radius 3 is 2.86 bits per heavy atom. The molecule has 2 N–H and O–H groups in total. The van der Waals surface area contributed by atoms with Crippen LogP contribution in [0.3, 0.4) is 0 Å². The average molecular weight is 301 g/mol. The molecule has 1 amide bonds. The van der Waals surface area contributed by atoms with Gasteiger partial charge in [0.1, 0.15) is 0 Å². The Bertz CT molecular complexity index is 470. The van der Waals surface area contributed by atoms with Gasteiger partial charge in [0.15, 0.2) is 0 Å². The number of amides is 1. The summed E-state index contributed by atoms with van der Waals surface area (Å²) in [6.07, 6.45) is 4.42. The first kappa shape index (κ1) is 15.5. The number of hydrogen-bond acceptors (Lipinski definition) is 3. The Morgan fingerprint density at radius 1 is 1.23 bits per heavy atom. The standard InChI is InChI=1S/C18H27N3O/c22-18(16-8-4-10-19-12-16)20-17-9-5-11-21(14-17)13-15-6-2-1-3-7-15/h1-3,6-7,16-17,19H,4-5,8-14H2,(H,20,22). The molecule has 2 saturated heterocycles. The lowest BCUT2D eigenvalue weighted by Gasteiger charge is -2.34. The van der Waals surface area contributed by atoms with E-state index in [1.54, 1.807) is 0 Å². The van der Waals surface area contributed by atoms with Crippen LogP contribution in [0.1, 0.15) is 31.2 Å². The molecule has 120 valence electrons. The first-order chi connectivity index (χ1) is 10.8. The lowest BCUT2D eigenvalue weighted by Crippen LogP contribution is -2.50. The van der Waals surface area contributed by atoms with E-state index in [1.165, 1.54) is 12.0 Å². The summed E-state index contributed by atoms with van der Waals surface area (Å²) in [5.41, 5.74) is 1.35. The highest BCUT2D eigenvalue weighted by Crippen LogP contribution is 2.16. The van der Waals surface area contributed by atoms with E-state index < -0.39 is 0 Å². The quantitative estimate of drug-likeness (QED) is 0.891. The molecule has 2 fully saturated rings. The zero-order valence-corrected chi connectivity index (χ0v) is 13.3. The number of rotatable bonds is 4. The van der Waals surface area contributed by atoms with Crippen LogP contribution >= 0.6 is 0 Å². The summed E-state index contributed by atoms with van der Waals surface area (Å²) < 4.78 is 0. The molecule has 2 atom stereocenters. The van der Waals surface area contributed by atoms with Gasteiger partial charge >= 0.3 is 0 Å². The van der Waals surface area contributed by atoms with Crippen LogP contribution < -0.4 is 10.6 Å². The molecule has 0 radical (unpaired) electrons. The van der Waals surface area contributed by atoms with Crippen molar-refractivity contribution in [3.8, 4) is 0 Å². The number of carbonyl (C=O) groups is 1. The average Bonchev–Trinajstić information content (AvgIpc) is 2.57. The van der Waals surface area contributed by atoms with Crippen molar-refractivity contribution in [2.45, 2.75) is 38.3 Å². The topological polar surface area (TPSA) is 44.4 Å². The highest BCUT2D eigenvalue weighted by Gasteiger charge is 2.26. The van der Waals surface area contributed by atoms with Gasteiger partial charge in [0.05, 0.1) is 5.92 Å². The molecule has 0 spiro atoms. The van der Waals surface area contributed by atoms with Crippen molar-refractivity contribution in [2.75, 3.05) is 26.2 Å². The van der Waals surface area contributed by atoms with Crippen LogP contribution in [0.25, 0.3) is 0 Å². The van der Waals surface area contributed by atoms with E-state index in [0.717, 1.165) is 52.0 Å². The fraction of sp³-hybridized carbons (Fsp3) is 0.611. The fourth-order valence-corrected chi connectivity index (χ4v) is 3.55. The smallest absolute Gasteiger partial charge is 0.224 e. The lowest BCUT2D eigenvalue weighted by atomic mass is 9.97. The molecule has 0 bridgehead atoms. The minimum atomic E-state index is 0.165. The van der Waals surface area contributed by atoms with Crippen molar-refractivity contribution >= 4 is 5.91 Å². The van der Waals surface area contributed by atoms with E-state index in [1.807, 2.05) is 0 Å². The second-order valence-corrected chi connectivity index (χ2v) is 6.61. The number of likely N-dealkylation sites (tertiary alicyclic amines) is 1. The van der Waals surface area contributed by atoms with Crippen molar-refractivity contribution in [3.05, 3.63) is 35.9 Å². The summed E-state index contributed by atoms with van der Waals surface area (Å²) in [5, 5.41) is 6.61. The van der Waals surface area contributed by atoms with Gasteiger partial charge in [0.2, 0.25) is 5.91 Å². The van der Waals surface area contributed by atoms with Crippen molar-refractivity contribution in [1.82, 2.24) is 15.5 Å². The minimum absolute atomic E-state index is 0.165. The van der Waals surface area contributed by atoms with E-state index in [4.69, 9.17) is 0 Å². The van der Waals surface area contributed by atoms with E-state index in [-0.39, 0.29) is 11.8 Å². The number of hydrogen-bond donors (Lipinski definition) is 2. The SMILES string of the molecule is O=C(NC1CCCN(Cc2ccccc2)C1)C1CCCNC1. The largest absolute Gasteiger partial charge is 0.352 e. The number of piperidine rings is 2. The van der Waals surface area contributed by atoms with Crippen LogP contribution in [0.5, 0.6) is 0 Å². The van der Waals surface area contributed by atoms with Crippen LogP contribution in [0.15, 0.2) is 30.3 Å². The Hall–Kier alpha value is -1.39. The summed E-state index contributed by atoms with van der Waals surface area (Å²) in [4.78, 5) is 14.8. The fourth-order valence-electron chi connectivity index (χ4n) is 3.55. The third-order valence-corrected chi connectivity index (χ3v) is 4.77. The van der Waals surface area contributed by atoms with Crippen LogP contribution in [-0.4, -0.2) is 43.0 Å². The molecule has 0 saturated carbocycles. The highest BCUT2D eigenvalue weighted by atomic mass is 16.2. The predicted octanol–water partition coefficient (Wildman–Crippen LogP) is 1.77. The molecule has 2 heterocycles. The molecule has 4 heteroatoms. The van der Waals surface area contributed by atoms with Crippen molar-refractivity contribution < 1.29 is 4.79 Å². The lowest BCUT2D eigenvalue weighted by molar-refractivity contribution is -0.126. The first-order valence-electron chi connectivity index (χ1n) is 8.58. The molecule has 2 aliphatic heterocycles. The van der Waals surface area contributed by atoms with Gasteiger partial charge in [-0.2, -0.15) is 0 Å². The van der Waals surface area contributed by atoms with Gasteiger partial charge in [-0.3, -0.25) is 9.69 Å². The molecular weight excluding hydrogens is 274 g/mol. The van der Waals surface area contributed by atoms with Gasteiger partial charge in [0, 0.05) is 25.7 Å². The maximum Gasteiger partial charge on any atom is 0.224 e. The Labute approximate surface area is 133 Å². The third-order valence-electron chi connectivity index (χ3n) is 4.77. The maximum absolute atomic E-state index is 12.4. The van der Waals surface area contributed by atoms with Crippen LogP contribution in [0, 0.1) is 5.92 Å². The maximum atomic E-state index is 12.4. The van der Waals surface area contributed by atoms with E-state index >= 15 is 0 Å². The molecule has 4 nitrogen and oxygen atoms in total. The second kappa shape index (κ2) is 7.75. The van der Waals surface area contributed by atoms with E-state index in [2.05, 4.69) is 45.9 Å². The molecule has 22 heavy (non-hydrogen) atoms. The molecule has 1 aromatic carbocycles. The summed E-state index contributed by atoms with van der Waals surface area (Å²) in [5.74, 6) is 0.414. The minimum Gasteiger partial charge on any atom is -0.352 e. The van der Waals surface area contributed by atoms with Crippen LogP contribution in [0.2, 0.25) is 0 Å². The van der Waals surface area contributed by atoms with E-state index in [0.29, 0.717) is 6.04 Å². The Kier molecular flexibility index (Phi) is 5.46. The van der Waals surface area contributed by atoms with Gasteiger partial charge in [-0.1, -0.05) is 30.3 Å². The summed E-state index contributed by atoms with van der Waals surface area (Å²) in [7, 11) is 0. The van der Waals surface area contributed by atoms with Gasteiger partial charge in [-0.25, -0.2) is 0 Å². The van der Waals surface area contributed by atoms with Gasteiger partial charge in [-0.05, 0) is 44.3 Å². The normalized spacial score (nSPS) is 26.5. The molecule has 0 aliphatic carbocycles.